The Balaban J connectivity index is 1.46. The lowest BCUT2D eigenvalue weighted by Gasteiger charge is -2.32. The molecule has 0 spiro atoms. The van der Waals surface area contributed by atoms with E-state index in [2.05, 4.69) is 187 Å². The van der Waals surface area contributed by atoms with Gasteiger partial charge in [0, 0.05) is 22.7 Å². The van der Waals surface area contributed by atoms with Gasteiger partial charge in [0.05, 0.1) is 11.4 Å². The van der Waals surface area contributed by atoms with Crippen LogP contribution >= 0.6 is 0 Å². The van der Waals surface area contributed by atoms with Crippen molar-refractivity contribution in [2.24, 2.45) is 0 Å². The second-order valence-corrected chi connectivity index (χ2v) is 14.0. The molecule has 0 radical (unpaired) electrons. The molecule has 0 aliphatic heterocycles. The molecule has 266 valence electrons. The third-order valence-corrected chi connectivity index (χ3v) is 10.7. The summed E-state index contributed by atoms with van der Waals surface area (Å²) in [7, 11) is 0. The molecule has 0 amide bonds. The number of para-hydroxylation sites is 2. The number of hydrogen-bond acceptors (Lipinski definition) is 2. The number of nitrogens with zero attached hydrogens (tertiary/aromatic N) is 2. The van der Waals surface area contributed by atoms with Crippen molar-refractivity contribution in [3.63, 3.8) is 0 Å². The molecule has 0 fully saturated rings. The van der Waals surface area contributed by atoms with Crippen LogP contribution in [0.3, 0.4) is 0 Å². The van der Waals surface area contributed by atoms with Crippen molar-refractivity contribution in [1.29, 1.82) is 0 Å². The van der Waals surface area contributed by atoms with E-state index in [-0.39, 0.29) is 0 Å². The van der Waals surface area contributed by atoms with E-state index in [0.717, 1.165) is 38.5 Å². The average molecular weight is 685 g/mol. The minimum atomic E-state index is 0.991. The standard InChI is InChI=1S/C50H56N2/c1-9-37-31-39(11-3)49(40(12-4)32-37)51(45-21-17-15-18-22-45)47-27-25-43(29-35(47)7)44-26-28-48(36(8)30-44)52(46-23-19-16-20-24-46)50-41(13-5)33-38(10-2)34-42(50)14-6/h15-34H,9-14H2,1-8H3. The molecule has 0 saturated heterocycles. The van der Waals surface area contributed by atoms with E-state index in [4.69, 9.17) is 0 Å². The third kappa shape index (κ3) is 7.30. The van der Waals surface area contributed by atoms with Gasteiger partial charge in [-0.1, -0.05) is 114 Å². The molecule has 0 N–H and O–H groups in total. The number of anilines is 6. The molecule has 52 heavy (non-hydrogen) atoms. The summed E-state index contributed by atoms with van der Waals surface area (Å²) >= 11 is 0. The predicted molar refractivity (Wildman–Crippen MR) is 227 cm³/mol. The van der Waals surface area contributed by atoms with Crippen LogP contribution in [0, 0.1) is 13.8 Å². The minimum Gasteiger partial charge on any atom is -0.310 e. The lowest BCUT2D eigenvalue weighted by Crippen LogP contribution is -2.16. The summed E-state index contributed by atoms with van der Waals surface area (Å²) in [6, 6.07) is 45.5. The normalized spacial score (nSPS) is 11.2. The highest BCUT2D eigenvalue weighted by molar-refractivity contribution is 5.86. The summed E-state index contributed by atoms with van der Waals surface area (Å²) < 4.78 is 0. The Morgan fingerprint density at radius 1 is 0.365 bits per heavy atom. The van der Waals surface area contributed by atoms with E-state index < -0.39 is 0 Å². The molecule has 0 aliphatic carbocycles. The van der Waals surface area contributed by atoms with Crippen molar-refractivity contribution >= 4 is 34.1 Å². The van der Waals surface area contributed by atoms with Gasteiger partial charge in [0.1, 0.15) is 0 Å². The van der Waals surface area contributed by atoms with Crippen molar-refractivity contribution in [2.45, 2.75) is 93.9 Å². The maximum Gasteiger partial charge on any atom is 0.0525 e. The van der Waals surface area contributed by atoms with E-state index >= 15 is 0 Å². The van der Waals surface area contributed by atoms with Crippen LogP contribution in [0.4, 0.5) is 34.1 Å². The average Bonchev–Trinajstić information content (AvgIpc) is 3.19. The number of hydrogen-bond donors (Lipinski definition) is 0. The first kappa shape index (κ1) is 36.7. The Morgan fingerprint density at radius 2 is 0.692 bits per heavy atom. The molecule has 6 aromatic carbocycles. The highest BCUT2D eigenvalue weighted by Gasteiger charge is 2.23. The van der Waals surface area contributed by atoms with Crippen molar-refractivity contribution in [3.8, 4) is 11.1 Å². The van der Waals surface area contributed by atoms with Gasteiger partial charge in [-0.05, 0) is 157 Å². The summed E-state index contributed by atoms with van der Waals surface area (Å²) in [4.78, 5) is 5.01. The van der Waals surface area contributed by atoms with Crippen LogP contribution in [0.25, 0.3) is 11.1 Å². The van der Waals surface area contributed by atoms with Gasteiger partial charge >= 0.3 is 0 Å². The van der Waals surface area contributed by atoms with Crippen molar-refractivity contribution in [2.75, 3.05) is 9.80 Å². The molecule has 0 saturated carbocycles. The highest BCUT2D eigenvalue weighted by Crippen LogP contribution is 2.45. The molecule has 0 bridgehead atoms. The summed E-state index contributed by atoms with van der Waals surface area (Å²) in [6.45, 7) is 18.2. The zero-order valence-corrected chi connectivity index (χ0v) is 32.7. The first-order chi connectivity index (χ1) is 25.3. The Kier molecular flexibility index (Phi) is 11.7. The van der Waals surface area contributed by atoms with Crippen molar-refractivity contribution in [3.05, 3.63) is 166 Å². The van der Waals surface area contributed by atoms with Crippen LogP contribution in [0.15, 0.2) is 121 Å². The van der Waals surface area contributed by atoms with Gasteiger partial charge in [-0.15, -0.1) is 0 Å². The molecule has 6 aromatic rings. The molecule has 0 heterocycles. The fourth-order valence-electron chi connectivity index (χ4n) is 7.83. The second-order valence-electron chi connectivity index (χ2n) is 14.0. The molecule has 0 aliphatic rings. The molecule has 0 atom stereocenters. The monoisotopic (exact) mass is 684 g/mol. The van der Waals surface area contributed by atoms with E-state index in [9.17, 15) is 0 Å². The Labute approximate surface area is 313 Å². The maximum atomic E-state index is 2.50. The van der Waals surface area contributed by atoms with Gasteiger partial charge in [0.15, 0.2) is 0 Å². The predicted octanol–water partition coefficient (Wildman–Crippen LogP) is 14.3. The maximum absolute atomic E-state index is 2.50. The summed E-state index contributed by atoms with van der Waals surface area (Å²) in [5.41, 5.74) is 20.9. The first-order valence-corrected chi connectivity index (χ1v) is 19.6. The van der Waals surface area contributed by atoms with E-state index in [1.165, 1.54) is 89.8 Å². The first-order valence-electron chi connectivity index (χ1n) is 19.6. The zero-order valence-electron chi connectivity index (χ0n) is 32.7. The molecule has 6 rings (SSSR count). The van der Waals surface area contributed by atoms with E-state index in [0.29, 0.717) is 0 Å². The molecule has 0 unspecified atom stereocenters. The lowest BCUT2D eigenvalue weighted by atomic mass is 9.94. The van der Waals surface area contributed by atoms with Gasteiger partial charge in [-0.3, -0.25) is 0 Å². The van der Waals surface area contributed by atoms with E-state index in [1.54, 1.807) is 0 Å². The number of aryl methyl sites for hydroxylation is 8. The fourth-order valence-corrected chi connectivity index (χ4v) is 7.83. The van der Waals surface area contributed by atoms with Crippen LogP contribution in [-0.4, -0.2) is 0 Å². The summed E-state index contributed by atoms with van der Waals surface area (Å²) in [5.74, 6) is 0. The number of benzene rings is 6. The lowest BCUT2D eigenvalue weighted by molar-refractivity contribution is 1.02. The van der Waals surface area contributed by atoms with Gasteiger partial charge in [0.2, 0.25) is 0 Å². The number of rotatable bonds is 13. The molecule has 0 aromatic heterocycles. The van der Waals surface area contributed by atoms with Gasteiger partial charge in [-0.25, -0.2) is 0 Å². The van der Waals surface area contributed by atoms with Gasteiger partial charge < -0.3 is 9.80 Å². The fraction of sp³-hybridized carbons (Fsp3) is 0.280. The third-order valence-electron chi connectivity index (χ3n) is 10.7. The van der Waals surface area contributed by atoms with Gasteiger partial charge in [0.25, 0.3) is 0 Å². The van der Waals surface area contributed by atoms with Crippen LogP contribution in [0.2, 0.25) is 0 Å². The summed E-state index contributed by atoms with van der Waals surface area (Å²) in [5, 5.41) is 0. The molecule has 2 nitrogen and oxygen atoms in total. The van der Waals surface area contributed by atoms with Crippen LogP contribution in [-0.2, 0) is 38.5 Å². The van der Waals surface area contributed by atoms with Crippen molar-refractivity contribution < 1.29 is 0 Å². The van der Waals surface area contributed by atoms with Gasteiger partial charge in [-0.2, -0.15) is 0 Å². The topological polar surface area (TPSA) is 6.48 Å². The Hall–Kier alpha value is -5.08. The Bertz CT molecular complexity index is 1920. The second kappa shape index (κ2) is 16.5. The molecule has 2 heteroatoms. The smallest absolute Gasteiger partial charge is 0.0525 e. The zero-order chi connectivity index (χ0) is 36.8. The highest BCUT2D eigenvalue weighted by atomic mass is 15.2. The summed E-state index contributed by atoms with van der Waals surface area (Å²) in [6.07, 6.45) is 6.06. The Morgan fingerprint density at radius 3 is 0.962 bits per heavy atom. The SMILES string of the molecule is CCc1cc(CC)c(N(c2ccccc2)c2ccc(-c3ccc(N(c4ccccc4)c4c(CC)cc(CC)cc4CC)c(C)c3)cc2C)c(CC)c1. The molecular formula is C50H56N2. The quantitative estimate of drug-likeness (QED) is 0.119. The van der Waals surface area contributed by atoms with Crippen LogP contribution in [0.5, 0.6) is 0 Å². The molecular weight excluding hydrogens is 629 g/mol. The van der Waals surface area contributed by atoms with Crippen LogP contribution < -0.4 is 9.80 Å². The largest absolute Gasteiger partial charge is 0.310 e. The van der Waals surface area contributed by atoms with Crippen LogP contribution in [0.1, 0.15) is 86.1 Å². The van der Waals surface area contributed by atoms with E-state index in [1.807, 2.05) is 0 Å². The van der Waals surface area contributed by atoms with Crippen molar-refractivity contribution in [1.82, 2.24) is 0 Å². The minimum absolute atomic E-state index is 0.991.